The number of aliphatic imine (C=N–C) groups is 1. The SMILES string of the molecule is CC(C=Nc1ccccc1C(=O)O)Cc1ccc2c(c1)OCO2. The Balaban J connectivity index is 1.70. The molecule has 3 rings (SSSR count). The molecular weight excluding hydrogens is 294 g/mol. The highest BCUT2D eigenvalue weighted by Crippen LogP contribution is 2.33. The average Bonchev–Trinajstić information content (AvgIpc) is 3.00. The summed E-state index contributed by atoms with van der Waals surface area (Å²) < 4.78 is 10.7. The molecule has 1 atom stereocenters. The van der Waals surface area contributed by atoms with Gasteiger partial charge in [-0.05, 0) is 42.2 Å². The summed E-state index contributed by atoms with van der Waals surface area (Å²) in [6.07, 6.45) is 2.57. The summed E-state index contributed by atoms with van der Waals surface area (Å²) in [5.74, 6) is 0.728. The molecule has 0 spiro atoms. The van der Waals surface area contributed by atoms with Crippen LogP contribution in [0.5, 0.6) is 11.5 Å². The van der Waals surface area contributed by atoms with Gasteiger partial charge in [0.25, 0.3) is 0 Å². The topological polar surface area (TPSA) is 68.1 Å². The Morgan fingerprint density at radius 2 is 2.04 bits per heavy atom. The Morgan fingerprint density at radius 3 is 2.87 bits per heavy atom. The third-order valence-electron chi connectivity index (χ3n) is 3.60. The number of rotatable bonds is 5. The largest absolute Gasteiger partial charge is 0.478 e. The smallest absolute Gasteiger partial charge is 0.337 e. The average molecular weight is 311 g/mol. The van der Waals surface area contributed by atoms with Crippen LogP contribution in [0.15, 0.2) is 47.5 Å². The van der Waals surface area contributed by atoms with Crippen molar-refractivity contribution in [2.45, 2.75) is 13.3 Å². The summed E-state index contributed by atoms with van der Waals surface area (Å²) in [4.78, 5) is 15.5. The summed E-state index contributed by atoms with van der Waals surface area (Å²) in [6, 6.07) is 12.6. The van der Waals surface area contributed by atoms with Crippen LogP contribution >= 0.6 is 0 Å². The van der Waals surface area contributed by atoms with Crippen molar-refractivity contribution in [1.29, 1.82) is 0 Å². The molecular formula is C18H17NO4. The van der Waals surface area contributed by atoms with Crippen LogP contribution in [0.1, 0.15) is 22.8 Å². The standard InChI is InChI=1S/C18H17NO4/c1-12(8-13-6-7-16-17(9-13)23-11-22-16)10-19-15-5-3-2-4-14(15)18(20)21/h2-7,9-10,12H,8,11H2,1H3,(H,20,21). The molecule has 0 amide bonds. The van der Waals surface area contributed by atoms with Crippen molar-refractivity contribution in [3.63, 3.8) is 0 Å². The van der Waals surface area contributed by atoms with Gasteiger partial charge in [0.2, 0.25) is 6.79 Å². The van der Waals surface area contributed by atoms with Gasteiger partial charge in [-0.25, -0.2) is 4.79 Å². The first-order valence-corrected chi connectivity index (χ1v) is 7.38. The van der Waals surface area contributed by atoms with Crippen molar-refractivity contribution in [2.75, 3.05) is 6.79 Å². The van der Waals surface area contributed by atoms with Gasteiger partial charge in [-0.2, -0.15) is 0 Å². The van der Waals surface area contributed by atoms with Crippen molar-refractivity contribution < 1.29 is 19.4 Å². The normalized spacial score (nSPS) is 14.1. The van der Waals surface area contributed by atoms with Gasteiger partial charge in [-0.15, -0.1) is 0 Å². The van der Waals surface area contributed by atoms with Crippen LogP contribution in [0, 0.1) is 5.92 Å². The van der Waals surface area contributed by atoms with E-state index >= 15 is 0 Å². The van der Waals surface area contributed by atoms with Gasteiger partial charge in [0.05, 0.1) is 11.3 Å². The third kappa shape index (κ3) is 3.51. The highest BCUT2D eigenvalue weighted by molar-refractivity contribution is 5.94. The minimum absolute atomic E-state index is 0.164. The molecule has 0 saturated carbocycles. The zero-order valence-corrected chi connectivity index (χ0v) is 12.7. The van der Waals surface area contributed by atoms with E-state index in [1.54, 1.807) is 30.5 Å². The second kappa shape index (κ2) is 6.52. The quantitative estimate of drug-likeness (QED) is 0.855. The predicted molar refractivity (Wildman–Crippen MR) is 87.0 cm³/mol. The molecule has 0 bridgehead atoms. The Bertz CT molecular complexity index is 754. The molecule has 1 heterocycles. The second-order valence-electron chi connectivity index (χ2n) is 5.47. The number of hydrogen-bond acceptors (Lipinski definition) is 4. The Hall–Kier alpha value is -2.82. The lowest BCUT2D eigenvalue weighted by Crippen LogP contribution is -2.02. The number of carboxylic acid groups (broad SMARTS) is 1. The number of nitrogens with zero attached hydrogens (tertiary/aromatic N) is 1. The minimum atomic E-state index is -0.971. The van der Waals surface area contributed by atoms with Crippen LogP contribution in [0.3, 0.4) is 0 Å². The number of benzene rings is 2. The first-order valence-electron chi connectivity index (χ1n) is 7.38. The summed E-state index contributed by atoms with van der Waals surface area (Å²) in [5.41, 5.74) is 1.80. The Kier molecular flexibility index (Phi) is 4.28. The van der Waals surface area contributed by atoms with Crippen molar-refractivity contribution in [2.24, 2.45) is 10.9 Å². The molecule has 0 fully saturated rings. The highest BCUT2D eigenvalue weighted by Gasteiger charge is 2.14. The van der Waals surface area contributed by atoms with Crippen molar-refractivity contribution >= 4 is 17.9 Å². The zero-order valence-electron chi connectivity index (χ0n) is 12.7. The van der Waals surface area contributed by atoms with E-state index in [0.29, 0.717) is 5.69 Å². The van der Waals surface area contributed by atoms with E-state index in [1.165, 1.54) is 0 Å². The van der Waals surface area contributed by atoms with E-state index in [1.807, 2.05) is 25.1 Å². The highest BCUT2D eigenvalue weighted by atomic mass is 16.7. The van der Waals surface area contributed by atoms with Crippen molar-refractivity contribution in [3.8, 4) is 11.5 Å². The van der Waals surface area contributed by atoms with Gasteiger partial charge in [0.1, 0.15) is 0 Å². The third-order valence-corrected chi connectivity index (χ3v) is 3.60. The molecule has 23 heavy (non-hydrogen) atoms. The molecule has 2 aromatic carbocycles. The van der Waals surface area contributed by atoms with Crippen LogP contribution in [0.4, 0.5) is 5.69 Å². The summed E-state index contributed by atoms with van der Waals surface area (Å²) in [7, 11) is 0. The number of hydrogen-bond donors (Lipinski definition) is 1. The molecule has 5 heteroatoms. The lowest BCUT2D eigenvalue weighted by molar-refractivity contribution is 0.0698. The van der Waals surface area contributed by atoms with E-state index in [4.69, 9.17) is 14.6 Å². The van der Waals surface area contributed by atoms with Crippen molar-refractivity contribution in [3.05, 3.63) is 53.6 Å². The van der Waals surface area contributed by atoms with Crippen LogP contribution in [-0.4, -0.2) is 24.1 Å². The number of aromatic carboxylic acids is 1. The summed E-state index contributed by atoms with van der Waals surface area (Å²) >= 11 is 0. The summed E-state index contributed by atoms with van der Waals surface area (Å²) in [5, 5.41) is 9.16. The number of para-hydroxylation sites is 1. The van der Waals surface area contributed by atoms with Crippen LogP contribution in [0.2, 0.25) is 0 Å². The van der Waals surface area contributed by atoms with Crippen LogP contribution in [-0.2, 0) is 6.42 Å². The fourth-order valence-electron chi connectivity index (χ4n) is 2.47. The van der Waals surface area contributed by atoms with Gasteiger partial charge >= 0.3 is 5.97 Å². The maximum absolute atomic E-state index is 11.2. The van der Waals surface area contributed by atoms with E-state index in [9.17, 15) is 4.79 Å². The van der Waals surface area contributed by atoms with Crippen LogP contribution in [0.25, 0.3) is 0 Å². The first-order chi connectivity index (χ1) is 11.1. The maximum Gasteiger partial charge on any atom is 0.337 e. The Labute approximate surface area is 134 Å². The van der Waals surface area contributed by atoms with E-state index in [2.05, 4.69) is 4.99 Å². The van der Waals surface area contributed by atoms with Gasteiger partial charge < -0.3 is 14.6 Å². The zero-order chi connectivity index (χ0) is 16.2. The van der Waals surface area contributed by atoms with Crippen LogP contribution < -0.4 is 9.47 Å². The van der Waals surface area contributed by atoms with Gasteiger partial charge in [0, 0.05) is 6.21 Å². The fourth-order valence-corrected chi connectivity index (χ4v) is 2.47. The van der Waals surface area contributed by atoms with E-state index in [0.717, 1.165) is 23.5 Å². The number of ether oxygens (including phenoxy) is 2. The fraction of sp³-hybridized carbons (Fsp3) is 0.222. The monoisotopic (exact) mass is 311 g/mol. The van der Waals surface area contributed by atoms with E-state index < -0.39 is 5.97 Å². The predicted octanol–water partition coefficient (Wildman–Crippen LogP) is 3.69. The lowest BCUT2D eigenvalue weighted by Gasteiger charge is -2.07. The molecule has 0 aliphatic carbocycles. The van der Waals surface area contributed by atoms with Gasteiger partial charge in [-0.3, -0.25) is 4.99 Å². The molecule has 1 aliphatic heterocycles. The maximum atomic E-state index is 11.2. The molecule has 1 unspecified atom stereocenters. The second-order valence-corrected chi connectivity index (χ2v) is 5.47. The molecule has 0 aromatic heterocycles. The van der Waals surface area contributed by atoms with Gasteiger partial charge in [-0.1, -0.05) is 25.1 Å². The Morgan fingerprint density at radius 1 is 1.26 bits per heavy atom. The molecule has 2 aromatic rings. The molecule has 0 saturated heterocycles. The number of carboxylic acids is 1. The minimum Gasteiger partial charge on any atom is -0.478 e. The lowest BCUT2D eigenvalue weighted by atomic mass is 10.0. The molecule has 0 radical (unpaired) electrons. The van der Waals surface area contributed by atoms with Gasteiger partial charge in [0.15, 0.2) is 11.5 Å². The molecule has 1 aliphatic rings. The van der Waals surface area contributed by atoms with Crippen molar-refractivity contribution in [1.82, 2.24) is 0 Å². The molecule has 118 valence electrons. The number of carbonyl (C=O) groups is 1. The summed E-state index contributed by atoms with van der Waals surface area (Å²) in [6.45, 7) is 2.30. The molecule has 1 N–H and O–H groups in total. The van der Waals surface area contributed by atoms with E-state index in [-0.39, 0.29) is 18.3 Å². The molecule has 5 nitrogen and oxygen atoms in total. The number of fused-ring (bicyclic) bond motifs is 1. The first kappa shape index (κ1) is 15.1.